The molecule has 1 saturated heterocycles. The van der Waals surface area contributed by atoms with Gasteiger partial charge in [0.2, 0.25) is 0 Å². The van der Waals surface area contributed by atoms with E-state index in [1.165, 1.54) is 0 Å². The van der Waals surface area contributed by atoms with Crippen molar-refractivity contribution in [2.75, 3.05) is 6.61 Å². The molecule has 0 radical (unpaired) electrons. The summed E-state index contributed by atoms with van der Waals surface area (Å²) in [4.78, 5) is 12.7. The molecule has 1 amide bonds. The Bertz CT molecular complexity index is 869. The number of aromatic nitrogens is 4. The van der Waals surface area contributed by atoms with Crippen LogP contribution in [-0.2, 0) is 11.3 Å². The molecule has 4 rings (SSSR count). The summed E-state index contributed by atoms with van der Waals surface area (Å²) in [6, 6.07) is 5.50. The first kappa shape index (κ1) is 14.9. The Morgan fingerprint density at radius 1 is 1.46 bits per heavy atom. The number of carbonyl (C=O) groups is 1. The van der Waals surface area contributed by atoms with Gasteiger partial charge in [-0.3, -0.25) is 14.6 Å². The molecule has 1 aromatic carbocycles. The van der Waals surface area contributed by atoms with Crippen LogP contribution < -0.4 is 5.32 Å². The van der Waals surface area contributed by atoms with Gasteiger partial charge in [0, 0.05) is 30.3 Å². The normalized spacial score (nSPS) is 20.5. The molecule has 3 heterocycles. The molecule has 2 aromatic heterocycles. The van der Waals surface area contributed by atoms with E-state index >= 15 is 0 Å². The first-order chi connectivity index (χ1) is 11.8. The lowest BCUT2D eigenvalue weighted by Gasteiger charge is -2.19. The van der Waals surface area contributed by atoms with Gasteiger partial charge in [-0.1, -0.05) is 6.07 Å². The van der Waals surface area contributed by atoms with Gasteiger partial charge in [-0.25, -0.2) is 0 Å². The number of ether oxygens (including phenoxy) is 1. The molecular weight excluding hydrogens is 306 g/mol. The summed E-state index contributed by atoms with van der Waals surface area (Å²) in [5.41, 5.74) is 2.48. The number of aromatic amines is 1. The van der Waals surface area contributed by atoms with Gasteiger partial charge in [0.25, 0.3) is 5.91 Å². The number of nitrogens with one attached hydrogen (secondary N) is 2. The molecule has 1 aliphatic heterocycles. The van der Waals surface area contributed by atoms with Crippen molar-refractivity contribution >= 4 is 16.8 Å². The SMILES string of the molecule is CCn1cc([C@H]2OCC[C@@H]2NC(=O)c2cccc3[nH]ncc23)cn1. The molecule has 0 bridgehead atoms. The fourth-order valence-corrected chi connectivity index (χ4v) is 3.18. The fourth-order valence-electron chi connectivity index (χ4n) is 3.18. The monoisotopic (exact) mass is 325 g/mol. The molecule has 2 atom stereocenters. The van der Waals surface area contributed by atoms with Crippen LogP contribution in [0.2, 0.25) is 0 Å². The number of fused-ring (bicyclic) bond motifs is 1. The van der Waals surface area contributed by atoms with Gasteiger partial charge in [-0.2, -0.15) is 10.2 Å². The number of benzene rings is 1. The number of nitrogens with zero attached hydrogens (tertiary/aromatic N) is 3. The number of amides is 1. The third-order valence-corrected chi connectivity index (χ3v) is 4.44. The third kappa shape index (κ3) is 2.56. The maximum absolute atomic E-state index is 12.7. The first-order valence-electron chi connectivity index (χ1n) is 8.13. The van der Waals surface area contributed by atoms with Crippen LogP contribution in [0.25, 0.3) is 10.9 Å². The number of carbonyl (C=O) groups excluding carboxylic acids is 1. The van der Waals surface area contributed by atoms with E-state index in [1.54, 1.807) is 6.20 Å². The fraction of sp³-hybridized carbons (Fsp3) is 0.353. The van der Waals surface area contributed by atoms with Crippen LogP contribution in [0, 0.1) is 0 Å². The summed E-state index contributed by atoms with van der Waals surface area (Å²) in [5.74, 6) is -0.106. The Morgan fingerprint density at radius 3 is 3.21 bits per heavy atom. The smallest absolute Gasteiger partial charge is 0.252 e. The zero-order valence-electron chi connectivity index (χ0n) is 13.4. The highest BCUT2D eigenvalue weighted by Crippen LogP contribution is 2.29. The Kier molecular flexibility index (Phi) is 3.78. The number of aryl methyl sites for hydroxylation is 1. The van der Waals surface area contributed by atoms with Crippen molar-refractivity contribution in [3.63, 3.8) is 0 Å². The van der Waals surface area contributed by atoms with Crippen LogP contribution in [0.3, 0.4) is 0 Å². The Hall–Kier alpha value is -2.67. The summed E-state index contributed by atoms with van der Waals surface area (Å²) >= 11 is 0. The minimum Gasteiger partial charge on any atom is -0.371 e. The summed E-state index contributed by atoms with van der Waals surface area (Å²) < 4.78 is 7.70. The predicted octanol–water partition coefficient (Wildman–Crippen LogP) is 2.04. The van der Waals surface area contributed by atoms with Crippen molar-refractivity contribution in [2.24, 2.45) is 0 Å². The Morgan fingerprint density at radius 2 is 2.38 bits per heavy atom. The van der Waals surface area contributed by atoms with E-state index < -0.39 is 0 Å². The molecule has 24 heavy (non-hydrogen) atoms. The zero-order chi connectivity index (χ0) is 16.5. The highest BCUT2D eigenvalue weighted by Gasteiger charge is 2.32. The molecule has 0 spiro atoms. The van der Waals surface area contributed by atoms with Crippen molar-refractivity contribution in [1.29, 1.82) is 0 Å². The Labute approximate surface area is 139 Å². The van der Waals surface area contributed by atoms with E-state index in [4.69, 9.17) is 4.74 Å². The second-order valence-electron chi connectivity index (χ2n) is 5.93. The Balaban J connectivity index is 1.55. The summed E-state index contributed by atoms with van der Waals surface area (Å²) in [7, 11) is 0. The standard InChI is InChI=1S/C17H19N5O2/c1-2-22-10-11(8-19-22)16-15(6-7-24-16)20-17(23)12-4-3-5-14-13(12)9-18-21-14/h3-5,8-10,15-16H,2,6-7H2,1H3,(H,18,21)(H,20,23)/t15-,16+/m0/s1. The minimum atomic E-state index is -0.155. The largest absolute Gasteiger partial charge is 0.371 e. The van der Waals surface area contributed by atoms with Gasteiger partial charge in [-0.15, -0.1) is 0 Å². The van der Waals surface area contributed by atoms with Crippen molar-refractivity contribution in [2.45, 2.75) is 32.0 Å². The molecule has 0 aliphatic carbocycles. The third-order valence-electron chi connectivity index (χ3n) is 4.44. The average molecular weight is 325 g/mol. The maximum Gasteiger partial charge on any atom is 0.252 e. The molecule has 0 saturated carbocycles. The summed E-state index contributed by atoms with van der Waals surface area (Å²) in [6.45, 7) is 3.48. The number of H-pyrrole nitrogens is 1. The zero-order valence-corrected chi connectivity index (χ0v) is 13.4. The molecule has 0 unspecified atom stereocenters. The van der Waals surface area contributed by atoms with Crippen molar-refractivity contribution in [3.05, 3.63) is 47.9 Å². The molecule has 1 aliphatic rings. The van der Waals surface area contributed by atoms with E-state index in [2.05, 4.69) is 20.6 Å². The number of hydrogen-bond donors (Lipinski definition) is 2. The highest BCUT2D eigenvalue weighted by molar-refractivity contribution is 6.06. The summed E-state index contributed by atoms with van der Waals surface area (Å²) in [5, 5.41) is 15.1. The van der Waals surface area contributed by atoms with E-state index in [-0.39, 0.29) is 18.1 Å². The molecule has 7 nitrogen and oxygen atoms in total. The lowest BCUT2D eigenvalue weighted by Crippen LogP contribution is -2.36. The van der Waals surface area contributed by atoms with E-state index in [9.17, 15) is 4.79 Å². The molecule has 3 aromatic rings. The quantitative estimate of drug-likeness (QED) is 0.769. The molecule has 124 valence electrons. The van der Waals surface area contributed by atoms with E-state index in [1.807, 2.05) is 42.2 Å². The second-order valence-corrected chi connectivity index (χ2v) is 5.93. The topological polar surface area (TPSA) is 84.8 Å². The van der Waals surface area contributed by atoms with Crippen molar-refractivity contribution in [3.8, 4) is 0 Å². The van der Waals surface area contributed by atoms with Crippen LogP contribution >= 0.6 is 0 Å². The van der Waals surface area contributed by atoms with Crippen LogP contribution in [0.1, 0.15) is 35.4 Å². The number of rotatable bonds is 4. The van der Waals surface area contributed by atoms with Gasteiger partial charge < -0.3 is 10.1 Å². The first-order valence-corrected chi connectivity index (χ1v) is 8.13. The van der Waals surface area contributed by atoms with Crippen LogP contribution in [0.4, 0.5) is 0 Å². The van der Waals surface area contributed by atoms with Crippen LogP contribution in [0.15, 0.2) is 36.8 Å². The molecule has 1 fully saturated rings. The lowest BCUT2D eigenvalue weighted by molar-refractivity contribution is 0.0822. The highest BCUT2D eigenvalue weighted by atomic mass is 16.5. The average Bonchev–Trinajstić information content (AvgIpc) is 3.33. The van der Waals surface area contributed by atoms with Crippen molar-refractivity contribution < 1.29 is 9.53 Å². The van der Waals surface area contributed by atoms with Gasteiger partial charge in [-0.05, 0) is 25.5 Å². The van der Waals surface area contributed by atoms with E-state index in [0.29, 0.717) is 12.2 Å². The van der Waals surface area contributed by atoms with Gasteiger partial charge >= 0.3 is 0 Å². The van der Waals surface area contributed by atoms with Gasteiger partial charge in [0.15, 0.2) is 0 Å². The lowest BCUT2D eigenvalue weighted by atomic mass is 10.0. The summed E-state index contributed by atoms with van der Waals surface area (Å²) in [6.07, 6.45) is 6.10. The molecular formula is C17H19N5O2. The van der Waals surface area contributed by atoms with Gasteiger partial charge in [0.05, 0.1) is 29.5 Å². The minimum absolute atomic E-state index is 0.0610. The molecule has 2 N–H and O–H groups in total. The maximum atomic E-state index is 12.7. The predicted molar refractivity (Wildman–Crippen MR) is 88.6 cm³/mol. The molecule has 7 heteroatoms. The van der Waals surface area contributed by atoms with E-state index in [0.717, 1.165) is 29.4 Å². The number of hydrogen-bond acceptors (Lipinski definition) is 4. The second kappa shape index (κ2) is 6.09. The van der Waals surface area contributed by atoms with Crippen molar-refractivity contribution in [1.82, 2.24) is 25.3 Å². The van der Waals surface area contributed by atoms with Crippen LogP contribution in [-0.4, -0.2) is 38.5 Å². The van der Waals surface area contributed by atoms with Gasteiger partial charge in [0.1, 0.15) is 6.10 Å². The van der Waals surface area contributed by atoms with Crippen LogP contribution in [0.5, 0.6) is 0 Å².